The van der Waals surface area contributed by atoms with Crippen LogP contribution in [0.4, 0.5) is 0 Å². The Morgan fingerprint density at radius 3 is 2.65 bits per heavy atom. The van der Waals surface area contributed by atoms with Crippen molar-refractivity contribution in [1.82, 2.24) is 5.32 Å². The van der Waals surface area contributed by atoms with Crippen LogP contribution in [0.15, 0.2) is 42.0 Å². The van der Waals surface area contributed by atoms with Gasteiger partial charge in [-0.25, -0.2) is 0 Å². The highest BCUT2D eigenvalue weighted by Gasteiger charge is 2.23. The van der Waals surface area contributed by atoms with E-state index in [0.717, 1.165) is 29.9 Å². The number of thioether (sulfide) groups is 1. The lowest BCUT2D eigenvalue weighted by Crippen LogP contribution is -2.38. The van der Waals surface area contributed by atoms with Crippen molar-refractivity contribution >= 4 is 17.7 Å². The van der Waals surface area contributed by atoms with Crippen LogP contribution in [0.1, 0.15) is 25.3 Å². The number of benzene rings is 1. The van der Waals surface area contributed by atoms with Crippen molar-refractivity contribution in [3.8, 4) is 0 Å². The van der Waals surface area contributed by atoms with Crippen molar-refractivity contribution in [2.75, 3.05) is 18.1 Å². The minimum atomic E-state index is -1.04. The van der Waals surface area contributed by atoms with E-state index in [-0.39, 0.29) is 12.5 Å². The van der Waals surface area contributed by atoms with E-state index in [1.54, 1.807) is 13.0 Å². The molecular weight excluding hydrogens is 270 g/mol. The van der Waals surface area contributed by atoms with E-state index >= 15 is 0 Å². The Labute approximate surface area is 124 Å². The van der Waals surface area contributed by atoms with Gasteiger partial charge in [0.2, 0.25) is 5.91 Å². The molecule has 3 nitrogen and oxygen atoms in total. The second kappa shape index (κ2) is 6.95. The number of amides is 1. The van der Waals surface area contributed by atoms with Crippen LogP contribution in [0.2, 0.25) is 0 Å². The van der Waals surface area contributed by atoms with Gasteiger partial charge in [0.25, 0.3) is 0 Å². The molecule has 1 aromatic carbocycles. The van der Waals surface area contributed by atoms with Crippen LogP contribution in [0.5, 0.6) is 0 Å². The molecule has 20 heavy (non-hydrogen) atoms. The van der Waals surface area contributed by atoms with Crippen molar-refractivity contribution in [2.24, 2.45) is 0 Å². The SMILES string of the molecule is CC(O)(CNC(=O)C=C1CCSCC1)c1ccccc1. The van der Waals surface area contributed by atoms with Crippen molar-refractivity contribution in [2.45, 2.75) is 25.4 Å². The summed E-state index contributed by atoms with van der Waals surface area (Å²) in [5.41, 5.74) is 0.973. The Hall–Kier alpha value is -1.26. The van der Waals surface area contributed by atoms with Crippen LogP contribution in [0, 0.1) is 0 Å². The summed E-state index contributed by atoms with van der Waals surface area (Å²) in [6.07, 6.45) is 3.68. The highest BCUT2D eigenvalue weighted by molar-refractivity contribution is 7.99. The number of hydrogen-bond acceptors (Lipinski definition) is 3. The fraction of sp³-hybridized carbons (Fsp3) is 0.438. The maximum Gasteiger partial charge on any atom is 0.244 e. The second-order valence-corrected chi connectivity index (χ2v) is 6.50. The van der Waals surface area contributed by atoms with Crippen LogP contribution < -0.4 is 5.32 Å². The summed E-state index contributed by atoms with van der Waals surface area (Å²) in [6.45, 7) is 1.93. The zero-order valence-electron chi connectivity index (χ0n) is 11.8. The Kier molecular flexibility index (Phi) is 5.26. The standard InChI is InChI=1S/C16H21NO2S/c1-16(19,14-5-3-2-4-6-14)12-17-15(18)11-13-7-9-20-10-8-13/h2-6,11,19H,7-10,12H2,1H3,(H,17,18). The Morgan fingerprint density at radius 1 is 1.35 bits per heavy atom. The molecule has 1 unspecified atom stereocenters. The number of nitrogens with one attached hydrogen (secondary N) is 1. The first-order valence-electron chi connectivity index (χ1n) is 6.91. The quantitative estimate of drug-likeness (QED) is 0.838. The summed E-state index contributed by atoms with van der Waals surface area (Å²) >= 11 is 1.93. The number of rotatable bonds is 4. The molecule has 0 radical (unpaired) electrons. The molecule has 1 aliphatic heterocycles. The van der Waals surface area contributed by atoms with Gasteiger partial charge < -0.3 is 10.4 Å². The van der Waals surface area contributed by atoms with Gasteiger partial charge in [0.05, 0.1) is 6.54 Å². The first kappa shape index (κ1) is 15.1. The average Bonchev–Trinajstić information content (AvgIpc) is 2.47. The van der Waals surface area contributed by atoms with Crippen LogP contribution >= 0.6 is 11.8 Å². The molecule has 1 aliphatic rings. The molecule has 0 spiro atoms. The molecule has 1 saturated heterocycles. The zero-order valence-corrected chi connectivity index (χ0v) is 12.6. The van der Waals surface area contributed by atoms with Gasteiger partial charge in [-0.2, -0.15) is 11.8 Å². The van der Waals surface area contributed by atoms with Gasteiger partial charge in [0, 0.05) is 6.08 Å². The van der Waals surface area contributed by atoms with Gasteiger partial charge in [-0.3, -0.25) is 4.79 Å². The van der Waals surface area contributed by atoms with Gasteiger partial charge in [0.15, 0.2) is 0 Å². The number of aliphatic hydroxyl groups is 1. The number of carbonyl (C=O) groups excluding carboxylic acids is 1. The molecule has 1 aromatic rings. The fourth-order valence-corrected chi connectivity index (χ4v) is 3.19. The van der Waals surface area contributed by atoms with E-state index in [0.29, 0.717) is 0 Å². The largest absolute Gasteiger partial charge is 0.384 e. The number of carbonyl (C=O) groups is 1. The molecular formula is C16H21NO2S. The van der Waals surface area contributed by atoms with Crippen molar-refractivity contribution in [3.05, 3.63) is 47.5 Å². The van der Waals surface area contributed by atoms with E-state index in [2.05, 4.69) is 5.32 Å². The summed E-state index contributed by atoms with van der Waals surface area (Å²) in [7, 11) is 0. The normalized spacial score (nSPS) is 18.2. The zero-order chi connectivity index (χ0) is 14.4. The van der Waals surface area contributed by atoms with E-state index < -0.39 is 5.60 Å². The summed E-state index contributed by atoms with van der Waals surface area (Å²) in [5, 5.41) is 13.2. The topological polar surface area (TPSA) is 49.3 Å². The lowest BCUT2D eigenvalue weighted by atomic mass is 9.96. The smallest absolute Gasteiger partial charge is 0.244 e. The first-order chi connectivity index (χ1) is 9.58. The highest BCUT2D eigenvalue weighted by atomic mass is 32.2. The number of hydrogen-bond donors (Lipinski definition) is 2. The third-order valence-electron chi connectivity index (χ3n) is 3.47. The first-order valence-corrected chi connectivity index (χ1v) is 8.06. The van der Waals surface area contributed by atoms with Crippen molar-refractivity contribution in [3.63, 3.8) is 0 Å². The molecule has 0 saturated carbocycles. The lowest BCUT2D eigenvalue weighted by molar-refractivity contribution is -0.117. The van der Waals surface area contributed by atoms with Crippen LogP contribution in [-0.4, -0.2) is 29.1 Å². The predicted molar refractivity (Wildman–Crippen MR) is 83.7 cm³/mol. The van der Waals surface area contributed by atoms with Gasteiger partial charge in [-0.05, 0) is 36.8 Å². The monoisotopic (exact) mass is 291 g/mol. The summed E-state index contributed by atoms with van der Waals surface area (Å²) in [6, 6.07) is 9.40. The second-order valence-electron chi connectivity index (χ2n) is 5.27. The maximum atomic E-state index is 11.9. The van der Waals surface area contributed by atoms with Gasteiger partial charge in [-0.15, -0.1) is 0 Å². The minimum absolute atomic E-state index is 0.108. The molecule has 1 fully saturated rings. The highest BCUT2D eigenvalue weighted by Crippen LogP contribution is 2.22. The molecule has 2 N–H and O–H groups in total. The van der Waals surface area contributed by atoms with Crippen LogP contribution in [-0.2, 0) is 10.4 Å². The summed E-state index contributed by atoms with van der Waals surface area (Å²) in [5.74, 6) is 2.09. The molecule has 0 aromatic heterocycles. The molecule has 2 rings (SSSR count). The fourth-order valence-electron chi connectivity index (χ4n) is 2.17. The van der Waals surface area contributed by atoms with E-state index in [1.165, 1.54) is 5.57 Å². The molecule has 0 bridgehead atoms. The average molecular weight is 291 g/mol. The summed E-state index contributed by atoms with van der Waals surface area (Å²) < 4.78 is 0. The van der Waals surface area contributed by atoms with E-state index in [9.17, 15) is 9.90 Å². The van der Waals surface area contributed by atoms with Crippen LogP contribution in [0.25, 0.3) is 0 Å². The molecule has 1 heterocycles. The molecule has 1 amide bonds. The summed E-state index contributed by atoms with van der Waals surface area (Å²) in [4.78, 5) is 11.9. The third-order valence-corrected chi connectivity index (χ3v) is 4.46. The third kappa shape index (κ3) is 4.39. The molecule has 108 valence electrons. The van der Waals surface area contributed by atoms with Gasteiger partial charge in [0.1, 0.15) is 5.60 Å². The molecule has 1 atom stereocenters. The Bertz CT molecular complexity index is 475. The minimum Gasteiger partial charge on any atom is -0.384 e. The Balaban J connectivity index is 1.89. The maximum absolute atomic E-state index is 11.9. The Morgan fingerprint density at radius 2 is 2.00 bits per heavy atom. The number of allylic oxidation sites excluding steroid dienone is 1. The van der Waals surface area contributed by atoms with Gasteiger partial charge >= 0.3 is 0 Å². The lowest BCUT2D eigenvalue weighted by Gasteiger charge is -2.24. The van der Waals surface area contributed by atoms with Crippen molar-refractivity contribution < 1.29 is 9.90 Å². The van der Waals surface area contributed by atoms with Crippen molar-refractivity contribution in [1.29, 1.82) is 0 Å². The van der Waals surface area contributed by atoms with E-state index in [1.807, 2.05) is 42.1 Å². The van der Waals surface area contributed by atoms with Gasteiger partial charge in [-0.1, -0.05) is 35.9 Å². The van der Waals surface area contributed by atoms with E-state index in [4.69, 9.17) is 0 Å². The molecule has 0 aliphatic carbocycles. The predicted octanol–water partition coefficient (Wildman–Crippen LogP) is 2.46. The molecule has 4 heteroatoms. The van der Waals surface area contributed by atoms with Crippen LogP contribution in [0.3, 0.4) is 0 Å².